The van der Waals surface area contributed by atoms with Crippen LogP contribution in [0, 0.1) is 0 Å². The zero-order valence-corrected chi connectivity index (χ0v) is 13.1. The van der Waals surface area contributed by atoms with Crippen LogP contribution in [0.25, 0.3) is 0 Å². The Morgan fingerprint density at radius 1 is 1.50 bits per heavy atom. The largest absolute Gasteiger partial charge is 0.315 e. The van der Waals surface area contributed by atoms with Crippen LogP contribution < -0.4 is 5.32 Å². The lowest BCUT2D eigenvalue weighted by Gasteiger charge is -2.34. The van der Waals surface area contributed by atoms with Gasteiger partial charge in [0.05, 0.1) is 0 Å². The molecule has 0 radical (unpaired) electrons. The van der Waals surface area contributed by atoms with E-state index in [2.05, 4.69) is 39.1 Å². The van der Waals surface area contributed by atoms with Crippen molar-refractivity contribution in [3.63, 3.8) is 0 Å². The van der Waals surface area contributed by atoms with Crippen LogP contribution in [-0.4, -0.2) is 30.6 Å². The first-order valence-corrected chi connectivity index (χ1v) is 7.76. The maximum absolute atomic E-state index is 5.98. The lowest BCUT2D eigenvalue weighted by atomic mass is 10.0. The molecule has 0 bridgehead atoms. The summed E-state index contributed by atoms with van der Waals surface area (Å²) in [4.78, 5) is 2.54. The van der Waals surface area contributed by atoms with Crippen LogP contribution in [0.3, 0.4) is 0 Å². The van der Waals surface area contributed by atoms with E-state index in [-0.39, 0.29) is 0 Å². The minimum atomic E-state index is 0.659. The van der Waals surface area contributed by atoms with E-state index < -0.39 is 0 Å². The van der Waals surface area contributed by atoms with Gasteiger partial charge in [-0.15, -0.1) is 0 Å². The quantitative estimate of drug-likeness (QED) is 0.905. The van der Waals surface area contributed by atoms with Crippen molar-refractivity contribution in [2.75, 3.05) is 19.6 Å². The first kappa shape index (κ1) is 14.3. The number of rotatable bonds is 4. The predicted octanol–water partition coefficient (Wildman–Crippen LogP) is 3.68. The first-order chi connectivity index (χ1) is 8.70. The summed E-state index contributed by atoms with van der Waals surface area (Å²) in [6.07, 6.45) is 2.58. The fourth-order valence-corrected chi connectivity index (χ4v) is 3.32. The molecule has 1 aliphatic rings. The van der Waals surface area contributed by atoms with Gasteiger partial charge in [0.1, 0.15) is 0 Å². The Bertz CT molecular complexity index is 391. The summed E-state index contributed by atoms with van der Waals surface area (Å²) < 4.78 is 1.11. The van der Waals surface area contributed by atoms with Crippen LogP contribution in [0.2, 0.25) is 5.02 Å². The number of likely N-dealkylation sites (N-methyl/N-ethyl adjacent to an activating group) is 1. The summed E-state index contributed by atoms with van der Waals surface area (Å²) >= 11 is 9.58. The Balaban J connectivity index is 2.04. The van der Waals surface area contributed by atoms with Gasteiger partial charge < -0.3 is 5.32 Å². The molecular weight excluding hydrogens is 312 g/mol. The Morgan fingerprint density at radius 2 is 2.33 bits per heavy atom. The molecule has 100 valence electrons. The minimum Gasteiger partial charge on any atom is -0.315 e. The van der Waals surface area contributed by atoms with E-state index in [1.54, 1.807) is 0 Å². The van der Waals surface area contributed by atoms with Crippen molar-refractivity contribution in [3.05, 3.63) is 33.3 Å². The predicted molar refractivity (Wildman–Crippen MR) is 81.1 cm³/mol. The summed E-state index contributed by atoms with van der Waals surface area (Å²) in [6.45, 7) is 6.58. The normalized spacial score (nSPS) is 20.3. The van der Waals surface area contributed by atoms with Crippen molar-refractivity contribution in [1.82, 2.24) is 10.2 Å². The summed E-state index contributed by atoms with van der Waals surface area (Å²) in [5, 5.41) is 4.27. The Labute approximate surface area is 123 Å². The van der Waals surface area contributed by atoms with Crippen LogP contribution in [0.5, 0.6) is 0 Å². The van der Waals surface area contributed by atoms with E-state index in [9.17, 15) is 0 Å². The SMILES string of the molecule is CCN(Cc1ccc(Cl)cc1Br)C1CCCNC1. The van der Waals surface area contributed by atoms with Gasteiger partial charge in [-0.05, 0) is 43.6 Å². The number of piperidine rings is 1. The third-order valence-corrected chi connectivity index (χ3v) is 4.56. The van der Waals surface area contributed by atoms with Gasteiger partial charge in [0.2, 0.25) is 0 Å². The van der Waals surface area contributed by atoms with Crippen molar-refractivity contribution in [2.45, 2.75) is 32.4 Å². The molecule has 0 aromatic heterocycles. The molecule has 1 fully saturated rings. The second kappa shape index (κ2) is 6.90. The topological polar surface area (TPSA) is 15.3 Å². The number of hydrogen-bond acceptors (Lipinski definition) is 2. The van der Waals surface area contributed by atoms with Crippen LogP contribution >= 0.6 is 27.5 Å². The highest BCUT2D eigenvalue weighted by Crippen LogP contribution is 2.24. The van der Waals surface area contributed by atoms with Crippen LogP contribution in [0.15, 0.2) is 22.7 Å². The number of nitrogens with zero attached hydrogens (tertiary/aromatic N) is 1. The fourth-order valence-electron chi connectivity index (χ4n) is 2.51. The standard InChI is InChI=1S/C14H20BrClN2/c1-2-18(13-4-3-7-17-9-13)10-11-5-6-12(16)8-14(11)15/h5-6,8,13,17H,2-4,7,9-10H2,1H3. The molecule has 1 heterocycles. The molecule has 1 aromatic rings. The van der Waals surface area contributed by atoms with Crippen molar-refractivity contribution in [3.8, 4) is 0 Å². The molecule has 1 aliphatic heterocycles. The highest BCUT2D eigenvalue weighted by molar-refractivity contribution is 9.10. The molecule has 2 nitrogen and oxygen atoms in total. The molecule has 1 saturated heterocycles. The number of hydrogen-bond donors (Lipinski definition) is 1. The molecule has 1 unspecified atom stereocenters. The van der Waals surface area contributed by atoms with Crippen LogP contribution in [0.4, 0.5) is 0 Å². The summed E-state index contributed by atoms with van der Waals surface area (Å²) in [5.74, 6) is 0. The van der Waals surface area contributed by atoms with Crippen molar-refractivity contribution in [1.29, 1.82) is 0 Å². The van der Waals surface area contributed by atoms with Gasteiger partial charge in [-0.3, -0.25) is 4.90 Å². The lowest BCUT2D eigenvalue weighted by Crippen LogP contribution is -2.45. The third kappa shape index (κ3) is 3.70. The van der Waals surface area contributed by atoms with Gasteiger partial charge in [-0.25, -0.2) is 0 Å². The molecule has 0 aliphatic carbocycles. The molecule has 0 amide bonds. The Hall–Kier alpha value is -0.0900. The zero-order valence-electron chi connectivity index (χ0n) is 10.8. The molecular formula is C14H20BrClN2. The molecule has 1 atom stereocenters. The summed E-state index contributed by atoms with van der Waals surface area (Å²) in [5.41, 5.74) is 1.31. The van der Waals surface area contributed by atoms with Gasteiger partial charge >= 0.3 is 0 Å². The van der Waals surface area contributed by atoms with Crippen molar-refractivity contribution >= 4 is 27.5 Å². The molecule has 2 rings (SSSR count). The summed E-state index contributed by atoms with van der Waals surface area (Å²) in [6, 6.07) is 6.72. The van der Waals surface area contributed by atoms with Gasteiger partial charge in [-0.2, -0.15) is 0 Å². The van der Waals surface area contributed by atoms with Crippen LogP contribution in [0.1, 0.15) is 25.3 Å². The van der Waals surface area contributed by atoms with Crippen LogP contribution in [-0.2, 0) is 6.54 Å². The van der Waals surface area contributed by atoms with E-state index >= 15 is 0 Å². The van der Waals surface area contributed by atoms with E-state index in [0.717, 1.165) is 29.1 Å². The monoisotopic (exact) mass is 330 g/mol. The average molecular weight is 332 g/mol. The second-order valence-electron chi connectivity index (χ2n) is 4.80. The minimum absolute atomic E-state index is 0.659. The van der Waals surface area contributed by atoms with E-state index in [0.29, 0.717) is 6.04 Å². The van der Waals surface area contributed by atoms with Crippen molar-refractivity contribution in [2.24, 2.45) is 0 Å². The fraction of sp³-hybridized carbons (Fsp3) is 0.571. The molecule has 1 aromatic carbocycles. The Morgan fingerprint density at radius 3 is 2.94 bits per heavy atom. The van der Waals surface area contributed by atoms with Gasteiger partial charge in [0.15, 0.2) is 0 Å². The van der Waals surface area contributed by atoms with Gasteiger partial charge in [0, 0.05) is 28.6 Å². The second-order valence-corrected chi connectivity index (χ2v) is 6.09. The van der Waals surface area contributed by atoms with Gasteiger partial charge in [0.25, 0.3) is 0 Å². The third-order valence-electron chi connectivity index (χ3n) is 3.58. The zero-order chi connectivity index (χ0) is 13.0. The highest BCUT2D eigenvalue weighted by atomic mass is 79.9. The Kier molecular flexibility index (Phi) is 5.49. The number of benzene rings is 1. The lowest BCUT2D eigenvalue weighted by molar-refractivity contribution is 0.166. The molecule has 0 spiro atoms. The van der Waals surface area contributed by atoms with Crippen molar-refractivity contribution < 1.29 is 0 Å². The molecule has 18 heavy (non-hydrogen) atoms. The number of halogens is 2. The highest BCUT2D eigenvalue weighted by Gasteiger charge is 2.20. The van der Waals surface area contributed by atoms with Gasteiger partial charge in [-0.1, -0.05) is 40.5 Å². The van der Waals surface area contributed by atoms with E-state index in [1.807, 2.05) is 12.1 Å². The van der Waals surface area contributed by atoms with E-state index in [1.165, 1.54) is 24.9 Å². The summed E-state index contributed by atoms with van der Waals surface area (Å²) in [7, 11) is 0. The number of nitrogens with one attached hydrogen (secondary N) is 1. The maximum Gasteiger partial charge on any atom is 0.0417 e. The molecule has 4 heteroatoms. The average Bonchev–Trinajstić information content (AvgIpc) is 2.39. The molecule has 0 saturated carbocycles. The maximum atomic E-state index is 5.98. The first-order valence-electron chi connectivity index (χ1n) is 6.59. The van der Waals surface area contributed by atoms with E-state index in [4.69, 9.17) is 11.6 Å². The smallest absolute Gasteiger partial charge is 0.0417 e. The molecule has 1 N–H and O–H groups in total.